The van der Waals surface area contributed by atoms with Crippen molar-refractivity contribution in [1.29, 1.82) is 0 Å². The van der Waals surface area contributed by atoms with E-state index in [1.807, 2.05) is 0 Å². The number of benzene rings is 8. The Morgan fingerprint density at radius 3 is 1.07 bits per heavy atom. The maximum atomic E-state index is 6.41. The number of hydrogen-bond acceptors (Lipinski definition) is 1. The van der Waals surface area contributed by atoms with Gasteiger partial charge in [0.2, 0.25) is 0 Å². The lowest BCUT2D eigenvalue weighted by molar-refractivity contribution is 0.669. The highest BCUT2D eigenvalue weighted by molar-refractivity contribution is 6.76. The molecule has 258 valence electrons. The molecule has 18 heteroatoms. The van der Waals surface area contributed by atoms with Crippen LogP contribution in [0.5, 0.6) is 0 Å². The van der Waals surface area contributed by atoms with Crippen molar-refractivity contribution in [2.75, 3.05) is 0 Å². The Balaban J connectivity index is 1.67. The fraction of sp³-hybridized carbons (Fsp3) is 0. The van der Waals surface area contributed by atoms with Gasteiger partial charge < -0.3 is 4.42 Å². The Morgan fingerprint density at radius 1 is 0.259 bits per heavy atom. The Morgan fingerprint density at radius 2 is 0.603 bits per heavy atom. The largest absolute Gasteiger partial charge is 0.456 e. The van der Waals surface area contributed by atoms with Crippen LogP contribution in [0.2, 0.25) is 0 Å². The smallest absolute Gasteiger partial charge is 0.140 e. The fourth-order valence-electron chi connectivity index (χ4n) is 11.2. The van der Waals surface area contributed by atoms with Crippen molar-refractivity contribution in [2.24, 2.45) is 0 Å². The first-order valence-electron chi connectivity index (χ1n) is 21.2. The van der Waals surface area contributed by atoms with Gasteiger partial charge in [-0.05, 0) is 83.5 Å². The lowest BCUT2D eigenvalue weighted by Crippen LogP contribution is -2.52. The Bertz CT molecular complexity index is 3340. The molecule has 0 atom stereocenters. The standard InChI is InChI=1S/C40H41B17O/c41-24-17(20-21(30(47)38(55)37(54)29(20)46)22-23(24)32(49)40(57)39(56)31(22)48)14-18-15(25(42)33(50)35(52)27(18)44)13(16-19(14)28(45)36(53)34(51)26(16)43)8-5-6-12-10(7-8)9-3-1-2-4-11(9)58-12/h1-7H,41-57H2. The summed E-state index contributed by atoms with van der Waals surface area (Å²) in [7, 11) is 40.2. The van der Waals surface area contributed by atoms with E-state index in [1.165, 1.54) is 164 Å². The van der Waals surface area contributed by atoms with Crippen LogP contribution in [0.25, 0.3) is 87.3 Å². The summed E-state index contributed by atoms with van der Waals surface area (Å²) in [6.07, 6.45) is 0. The molecule has 8 aromatic carbocycles. The first-order valence-corrected chi connectivity index (χ1v) is 21.2. The highest BCUT2D eigenvalue weighted by Gasteiger charge is 2.29. The van der Waals surface area contributed by atoms with Gasteiger partial charge in [0.05, 0.1) is 0 Å². The van der Waals surface area contributed by atoms with Crippen molar-refractivity contribution in [2.45, 2.75) is 0 Å². The van der Waals surface area contributed by atoms with Crippen molar-refractivity contribution < 1.29 is 4.42 Å². The van der Waals surface area contributed by atoms with E-state index < -0.39 is 0 Å². The Hall–Kier alpha value is -4.30. The molecule has 1 aromatic heterocycles. The number of rotatable bonds is 2. The molecular weight excluding hydrogens is 680 g/mol. The van der Waals surface area contributed by atoms with Gasteiger partial charge >= 0.3 is 0 Å². The second-order valence-corrected chi connectivity index (χ2v) is 18.1. The normalized spacial score (nSPS) is 11.9. The first-order chi connectivity index (χ1) is 27.4. The highest BCUT2D eigenvalue weighted by Crippen LogP contribution is 2.43. The molecule has 0 saturated heterocycles. The van der Waals surface area contributed by atoms with Crippen LogP contribution in [0.1, 0.15) is 0 Å². The monoisotopic (exact) mass is 724 g/mol. The van der Waals surface area contributed by atoms with Crippen LogP contribution in [-0.4, -0.2) is 133 Å². The van der Waals surface area contributed by atoms with Gasteiger partial charge in [-0.25, -0.2) is 0 Å². The van der Waals surface area contributed by atoms with Crippen LogP contribution in [0.15, 0.2) is 46.9 Å². The third kappa shape index (κ3) is 4.96. The van der Waals surface area contributed by atoms with Crippen molar-refractivity contribution >= 4 is 291 Å². The van der Waals surface area contributed by atoms with Crippen molar-refractivity contribution in [3.8, 4) is 22.3 Å². The zero-order valence-electron chi connectivity index (χ0n) is 37.9. The molecule has 0 N–H and O–H groups in total. The van der Waals surface area contributed by atoms with Gasteiger partial charge in [0.15, 0.2) is 0 Å². The maximum absolute atomic E-state index is 6.41. The molecule has 0 aliphatic heterocycles. The molecule has 0 unspecified atom stereocenters. The lowest BCUT2D eigenvalue weighted by atomic mass is 9.56. The van der Waals surface area contributed by atoms with Gasteiger partial charge in [0.1, 0.15) is 145 Å². The second kappa shape index (κ2) is 13.4. The average molecular weight is 722 g/mol. The van der Waals surface area contributed by atoms with Crippen LogP contribution in [0, 0.1) is 0 Å². The van der Waals surface area contributed by atoms with E-state index in [0.717, 1.165) is 16.6 Å². The molecule has 0 aliphatic rings. The Kier molecular flexibility index (Phi) is 9.02. The topological polar surface area (TPSA) is 13.1 Å². The van der Waals surface area contributed by atoms with Crippen LogP contribution in [0.3, 0.4) is 0 Å². The molecule has 0 spiro atoms. The zero-order chi connectivity index (χ0) is 41.7. The van der Waals surface area contributed by atoms with Crippen LogP contribution < -0.4 is 92.9 Å². The molecule has 0 bridgehead atoms. The lowest BCUT2D eigenvalue weighted by Gasteiger charge is -2.31. The van der Waals surface area contributed by atoms with Crippen LogP contribution >= 0.6 is 0 Å². The van der Waals surface area contributed by atoms with Gasteiger partial charge in [-0.15, -0.1) is 43.7 Å². The van der Waals surface area contributed by atoms with Crippen molar-refractivity contribution in [3.63, 3.8) is 0 Å². The number of furan rings is 1. The molecule has 9 rings (SSSR count). The van der Waals surface area contributed by atoms with E-state index in [9.17, 15) is 0 Å². The summed E-state index contributed by atoms with van der Waals surface area (Å²) in [6, 6.07) is 15.4. The summed E-state index contributed by atoms with van der Waals surface area (Å²) in [5, 5.41) is 13.6. The molecule has 1 nitrogen and oxygen atoms in total. The average Bonchev–Trinajstić information content (AvgIpc) is 3.59. The van der Waals surface area contributed by atoms with Gasteiger partial charge in [-0.3, -0.25) is 0 Å². The van der Waals surface area contributed by atoms with Gasteiger partial charge in [-0.1, -0.05) is 73.4 Å². The summed E-state index contributed by atoms with van der Waals surface area (Å²) < 4.78 is 6.41. The van der Waals surface area contributed by atoms with Gasteiger partial charge in [0, 0.05) is 10.8 Å². The molecule has 9 aromatic rings. The molecule has 0 radical (unpaired) electrons. The van der Waals surface area contributed by atoms with Gasteiger partial charge in [0.25, 0.3) is 0 Å². The number of fused-ring (bicyclic) bond motifs is 8. The van der Waals surface area contributed by atoms with E-state index in [2.05, 4.69) is 176 Å². The molecule has 1 heterocycles. The van der Waals surface area contributed by atoms with E-state index in [4.69, 9.17) is 4.42 Å². The predicted octanol–water partition coefficient (Wildman–Crippen LogP) is -18.1. The third-order valence-corrected chi connectivity index (χ3v) is 15.9. The van der Waals surface area contributed by atoms with E-state index >= 15 is 0 Å². The SMILES string of the molecule is Bc1c(B)c(B)c2c(-c3c(B)c4c(B)c(B)c(B)c(B)c4c4c(B)c(B)c(B)c(B)c34)c3c(B)c(B)c(B)c(B)c3c(-c3ccc4oc5ccccc5c4c3)c2c1B. The zero-order valence-corrected chi connectivity index (χ0v) is 37.9. The minimum Gasteiger partial charge on any atom is -0.456 e. The summed E-state index contributed by atoms with van der Waals surface area (Å²) >= 11 is 0. The summed E-state index contributed by atoms with van der Waals surface area (Å²) in [6.45, 7) is 0. The molecule has 58 heavy (non-hydrogen) atoms. The van der Waals surface area contributed by atoms with Crippen molar-refractivity contribution in [3.05, 3.63) is 42.5 Å². The van der Waals surface area contributed by atoms with E-state index in [0.29, 0.717) is 0 Å². The summed E-state index contributed by atoms with van der Waals surface area (Å²) in [4.78, 5) is 0. The predicted molar refractivity (Wildman–Crippen MR) is 314 cm³/mol. The first kappa shape index (κ1) is 39.2. The number of hydrogen-bond donors (Lipinski definition) is 0. The molecule has 0 amide bonds. The number of para-hydroxylation sites is 1. The minimum absolute atomic E-state index is 0.931. The summed E-state index contributed by atoms with van der Waals surface area (Å²) in [5.41, 5.74) is 30.9. The fourth-order valence-corrected chi connectivity index (χ4v) is 11.2. The maximum Gasteiger partial charge on any atom is 0.140 e. The quantitative estimate of drug-likeness (QED) is 0.0984. The molecule has 0 aliphatic carbocycles. The molecule has 0 saturated carbocycles. The third-order valence-electron chi connectivity index (χ3n) is 15.9. The van der Waals surface area contributed by atoms with Crippen molar-refractivity contribution in [1.82, 2.24) is 0 Å². The van der Waals surface area contributed by atoms with Crippen LogP contribution in [0.4, 0.5) is 0 Å². The molecular formula is C40H41B17O. The molecule has 0 fully saturated rings. The highest BCUT2D eigenvalue weighted by atomic mass is 16.3. The second-order valence-electron chi connectivity index (χ2n) is 18.1. The minimum atomic E-state index is 0.931. The summed E-state index contributed by atoms with van der Waals surface area (Å²) in [5.74, 6) is 0. The Labute approximate surface area is 358 Å². The van der Waals surface area contributed by atoms with E-state index in [1.54, 1.807) is 0 Å². The van der Waals surface area contributed by atoms with E-state index in [-0.39, 0.29) is 0 Å². The van der Waals surface area contributed by atoms with Gasteiger partial charge in [-0.2, -0.15) is 0 Å². The van der Waals surface area contributed by atoms with Crippen LogP contribution in [-0.2, 0) is 0 Å².